The number of carboxylic acid groups (broad SMARTS) is 1. The van der Waals surface area contributed by atoms with Crippen molar-refractivity contribution in [1.29, 1.82) is 5.26 Å². The SMILES string of the molecule is Cc1cc(C(C#N)C(=O)O)nnc1C. The standard InChI is InChI=1S/C9H9N3O2/c1-5-3-8(12-11-6(5)2)7(4-10)9(13)14/h3,7H,1-2H3,(H,13,14). The quantitative estimate of drug-likeness (QED) is 0.746. The predicted octanol–water partition coefficient (Wildman–Crippen LogP) is 0.785. The smallest absolute Gasteiger partial charge is 0.327 e. The van der Waals surface area contributed by atoms with E-state index in [4.69, 9.17) is 10.4 Å². The van der Waals surface area contributed by atoms with E-state index in [1.165, 1.54) is 0 Å². The van der Waals surface area contributed by atoms with Crippen LogP contribution in [0.2, 0.25) is 0 Å². The lowest BCUT2D eigenvalue weighted by atomic mass is 10.1. The van der Waals surface area contributed by atoms with E-state index < -0.39 is 11.9 Å². The molecule has 72 valence electrons. The van der Waals surface area contributed by atoms with E-state index in [2.05, 4.69) is 10.2 Å². The van der Waals surface area contributed by atoms with Gasteiger partial charge in [0, 0.05) is 0 Å². The number of hydrogen-bond donors (Lipinski definition) is 1. The van der Waals surface area contributed by atoms with Crippen molar-refractivity contribution in [3.05, 3.63) is 23.0 Å². The van der Waals surface area contributed by atoms with Crippen molar-refractivity contribution in [2.75, 3.05) is 0 Å². The van der Waals surface area contributed by atoms with E-state index in [1.54, 1.807) is 26.0 Å². The summed E-state index contributed by atoms with van der Waals surface area (Å²) in [5, 5.41) is 24.8. The van der Waals surface area contributed by atoms with Gasteiger partial charge in [0.1, 0.15) is 0 Å². The van der Waals surface area contributed by atoms with Crippen molar-refractivity contribution in [2.45, 2.75) is 19.8 Å². The van der Waals surface area contributed by atoms with Crippen LogP contribution in [0.4, 0.5) is 0 Å². The number of nitriles is 1. The summed E-state index contributed by atoms with van der Waals surface area (Å²) in [6.45, 7) is 3.57. The third-order valence-electron chi connectivity index (χ3n) is 1.92. The van der Waals surface area contributed by atoms with Gasteiger partial charge >= 0.3 is 5.97 Å². The number of hydrogen-bond acceptors (Lipinski definition) is 4. The van der Waals surface area contributed by atoms with Crippen LogP contribution in [0.3, 0.4) is 0 Å². The van der Waals surface area contributed by atoms with Crippen LogP contribution in [0.15, 0.2) is 6.07 Å². The highest BCUT2D eigenvalue weighted by Gasteiger charge is 2.21. The molecule has 0 aliphatic carbocycles. The zero-order chi connectivity index (χ0) is 10.7. The van der Waals surface area contributed by atoms with Crippen LogP contribution in [-0.2, 0) is 4.79 Å². The fourth-order valence-electron chi connectivity index (χ4n) is 0.956. The second kappa shape index (κ2) is 3.83. The molecule has 1 heterocycles. The van der Waals surface area contributed by atoms with Gasteiger partial charge in [0.2, 0.25) is 0 Å². The number of nitrogens with zero attached hydrogens (tertiary/aromatic N) is 3. The number of aliphatic carboxylic acids is 1. The fourth-order valence-corrected chi connectivity index (χ4v) is 0.956. The highest BCUT2D eigenvalue weighted by molar-refractivity contribution is 5.78. The molecule has 1 aromatic heterocycles. The lowest BCUT2D eigenvalue weighted by molar-refractivity contribution is -0.137. The van der Waals surface area contributed by atoms with Crippen molar-refractivity contribution < 1.29 is 9.90 Å². The molecular weight excluding hydrogens is 182 g/mol. The van der Waals surface area contributed by atoms with E-state index >= 15 is 0 Å². The lowest BCUT2D eigenvalue weighted by Gasteiger charge is -2.04. The van der Waals surface area contributed by atoms with Crippen molar-refractivity contribution in [1.82, 2.24) is 10.2 Å². The Bertz CT molecular complexity index is 409. The maximum absolute atomic E-state index is 10.6. The van der Waals surface area contributed by atoms with Crippen molar-refractivity contribution in [3.63, 3.8) is 0 Å². The second-order valence-electron chi connectivity index (χ2n) is 2.94. The summed E-state index contributed by atoms with van der Waals surface area (Å²) < 4.78 is 0. The van der Waals surface area contributed by atoms with E-state index in [1.807, 2.05) is 0 Å². The number of aryl methyl sites for hydroxylation is 2. The van der Waals surface area contributed by atoms with Crippen LogP contribution in [-0.4, -0.2) is 21.3 Å². The molecule has 0 fully saturated rings. The molecule has 0 saturated heterocycles. The molecule has 1 aromatic rings. The first-order valence-corrected chi connectivity index (χ1v) is 3.99. The number of carboxylic acids is 1. The molecule has 0 bridgehead atoms. The van der Waals surface area contributed by atoms with Crippen LogP contribution in [0.5, 0.6) is 0 Å². The number of carbonyl (C=O) groups is 1. The number of rotatable bonds is 2. The normalized spacial score (nSPS) is 11.8. The molecule has 1 N–H and O–H groups in total. The van der Waals surface area contributed by atoms with E-state index in [9.17, 15) is 4.79 Å². The van der Waals surface area contributed by atoms with Crippen LogP contribution >= 0.6 is 0 Å². The predicted molar refractivity (Wildman–Crippen MR) is 47.5 cm³/mol. The van der Waals surface area contributed by atoms with Crippen LogP contribution in [0, 0.1) is 25.2 Å². The lowest BCUT2D eigenvalue weighted by Crippen LogP contribution is -2.12. The maximum atomic E-state index is 10.6. The first kappa shape index (κ1) is 10.1. The topological polar surface area (TPSA) is 86.9 Å². The van der Waals surface area contributed by atoms with Gasteiger partial charge in [-0.2, -0.15) is 15.5 Å². The Morgan fingerprint density at radius 2 is 2.21 bits per heavy atom. The van der Waals surface area contributed by atoms with Crippen LogP contribution in [0.25, 0.3) is 0 Å². The van der Waals surface area contributed by atoms with Gasteiger partial charge in [-0.05, 0) is 25.5 Å². The summed E-state index contributed by atoms with van der Waals surface area (Å²) in [6, 6.07) is 3.24. The molecule has 0 spiro atoms. The van der Waals surface area contributed by atoms with Crippen molar-refractivity contribution in [2.24, 2.45) is 0 Å². The van der Waals surface area contributed by atoms with Gasteiger partial charge in [0.15, 0.2) is 5.92 Å². The zero-order valence-corrected chi connectivity index (χ0v) is 7.85. The van der Waals surface area contributed by atoms with Crippen LogP contribution < -0.4 is 0 Å². The summed E-state index contributed by atoms with van der Waals surface area (Å²) in [7, 11) is 0. The van der Waals surface area contributed by atoms with Crippen molar-refractivity contribution >= 4 is 5.97 Å². The van der Waals surface area contributed by atoms with E-state index in [-0.39, 0.29) is 5.69 Å². The van der Waals surface area contributed by atoms with E-state index in [0.717, 1.165) is 11.3 Å². The minimum Gasteiger partial charge on any atom is -0.480 e. The van der Waals surface area contributed by atoms with Gasteiger partial charge in [-0.15, -0.1) is 0 Å². The highest BCUT2D eigenvalue weighted by Crippen LogP contribution is 2.14. The summed E-state index contributed by atoms with van der Waals surface area (Å²) >= 11 is 0. The summed E-state index contributed by atoms with van der Waals surface area (Å²) in [5.41, 5.74) is 1.75. The second-order valence-corrected chi connectivity index (χ2v) is 2.94. The summed E-state index contributed by atoms with van der Waals surface area (Å²) in [4.78, 5) is 10.6. The Balaban J connectivity index is 3.14. The largest absolute Gasteiger partial charge is 0.480 e. The third-order valence-corrected chi connectivity index (χ3v) is 1.92. The molecule has 0 aliphatic rings. The highest BCUT2D eigenvalue weighted by atomic mass is 16.4. The minimum absolute atomic E-state index is 0.183. The van der Waals surface area contributed by atoms with E-state index in [0.29, 0.717) is 0 Å². The average molecular weight is 191 g/mol. The molecule has 5 heteroatoms. The van der Waals surface area contributed by atoms with Gasteiger partial charge in [0.05, 0.1) is 17.5 Å². The summed E-state index contributed by atoms with van der Waals surface area (Å²) in [6.07, 6.45) is 0. The monoisotopic (exact) mass is 191 g/mol. The van der Waals surface area contributed by atoms with Gasteiger partial charge in [-0.25, -0.2) is 0 Å². The first-order valence-electron chi connectivity index (χ1n) is 3.99. The molecule has 1 unspecified atom stereocenters. The Kier molecular flexibility index (Phi) is 2.77. The molecule has 14 heavy (non-hydrogen) atoms. The first-order chi connectivity index (χ1) is 6.56. The maximum Gasteiger partial charge on any atom is 0.327 e. The van der Waals surface area contributed by atoms with Gasteiger partial charge < -0.3 is 5.11 Å². The average Bonchev–Trinajstić information content (AvgIpc) is 2.11. The third kappa shape index (κ3) is 1.85. The Hall–Kier alpha value is -1.96. The molecule has 0 saturated carbocycles. The number of aromatic nitrogens is 2. The molecule has 0 amide bonds. The summed E-state index contributed by atoms with van der Waals surface area (Å²) in [5.74, 6) is -2.44. The molecule has 0 radical (unpaired) electrons. The molecule has 1 rings (SSSR count). The molecular formula is C9H9N3O2. The Labute approximate surface area is 81.0 Å². The fraction of sp³-hybridized carbons (Fsp3) is 0.333. The van der Waals surface area contributed by atoms with Gasteiger partial charge in [-0.1, -0.05) is 0 Å². The molecule has 0 aromatic carbocycles. The molecule has 0 aliphatic heterocycles. The minimum atomic E-state index is -1.23. The van der Waals surface area contributed by atoms with Gasteiger partial charge in [-0.3, -0.25) is 4.79 Å². The van der Waals surface area contributed by atoms with Gasteiger partial charge in [0.25, 0.3) is 0 Å². The Morgan fingerprint density at radius 3 is 2.64 bits per heavy atom. The molecule has 1 atom stereocenters. The molecule has 5 nitrogen and oxygen atoms in total. The zero-order valence-electron chi connectivity index (χ0n) is 7.85. The van der Waals surface area contributed by atoms with Crippen molar-refractivity contribution in [3.8, 4) is 6.07 Å². The Morgan fingerprint density at radius 1 is 1.57 bits per heavy atom. The van der Waals surface area contributed by atoms with Crippen LogP contribution in [0.1, 0.15) is 22.9 Å².